The highest BCUT2D eigenvalue weighted by Gasteiger charge is 2.24. The van der Waals surface area contributed by atoms with Crippen LogP contribution in [0.4, 0.5) is 5.69 Å². The van der Waals surface area contributed by atoms with Gasteiger partial charge in [-0.05, 0) is 72.5 Å². The van der Waals surface area contributed by atoms with Gasteiger partial charge in [0.1, 0.15) is 0 Å². The molecule has 32 heavy (non-hydrogen) atoms. The Morgan fingerprint density at radius 2 is 1.91 bits per heavy atom. The Balaban J connectivity index is 1.58. The molecule has 0 unspecified atom stereocenters. The molecular weight excluding hydrogens is 510 g/mol. The van der Waals surface area contributed by atoms with Crippen LogP contribution in [0, 0.1) is 0 Å². The topological polar surface area (TPSA) is 79.4 Å². The second-order valence-electron chi connectivity index (χ2n) is 7.00. The first-order valence-electron chi connectivity index (χ1n) is 9.87. The summed E-state index contributed by atoms with van der Waals surface area (Å²) in [5, 5.41) is 3.72. The summed E-state index contributed by atoms with van der Waals surface area (Å²) in [5.41, 5.74) is 1.48. The van der Waals surface area contributed by atoms with Crippen molar-refractivity contribution in [2.24, 2.45) is 0 Å². The van der Waals surface area contributed by atoms with Gasteiger partial charge in [0.15, 0.2) is 0 Å². The van der Waals surface area contributed by atoms with Crippen LogP contribution in [0.3, 0.4) is 0 Å². The van der Waals surface area contributed by atoms with Gasteiger partial charge in [0, 0.05) is 34.7 Å². The SMILES string of the molecule is CCN(c1ccc2sc(C(=O)NCc3cccnc3)cc2c1)S(=O)(=O)c1ccc(Br)cc1. The fraction of sp³-hybridized carbons (Fsp3) is 0.130. The third-order valence-electron chi connectivity index (χ3n) is 4.88. The second kappa shape index (κ2) is 9.40. The number of hydrogen-bond acceptors (Lipinski definition) is 5. The number of benzene rings is 2. The summed E-state index contributed by atoms with van der Waals surface area (Å²) in [4.78, 5) is 17.4. The molecule has 0 spiro atoms. The van der Waals surface area contributed by atoms with Crippen LogP contribution in [-0.4, -0.2) is 25.9 Å². The molecule has 0 saturated carbocycles. The van der Waals surface area contributed by atoms with Gasteiger partial charge < -0.3 is 5.32 Å². The predicted octanol–water partition coefficient (Wildman–Crippen LogP) is 5.20. The van der Waals surface area contributed by atoms with E-state index in [1.54, 1.807) is 55.7 Å². The minimum absolute atomic E-state index is 0.175. The van der Waals surface area contributed by atoms with E-state index in [0.29, 0.717) is 17.1 Å². The largest absolute Gasteiger partial charge is 0.347 e. The number of thiophene rings is 1. The van der Waals surface area contributed by atoms with Crippen LogP contribution < -0.4 is 9.62 Å². The molecule has 9 heteroatoms. The first-order chi connectivity index (χ1) is 15.4. The minimum atomic E-state index is -3.71. The van der Waals surface area contributed by atoms with Crippen LogP contribution in [0.15, 0.2) is 82.4 Å². The number of rotatable bonds is 7. The molecule has 0 radical (unpaired) electrons. The van der Waals surface area contributed by atoms with E-state index in [-0.39, 0.29) is 17.3 Å². The van der Waals surface area contributed by atoms with E-state index < -0.39 is 10.0 Å². The molecule has 0 aliphatic rings. The highest BCUT2D eigenvalue weighted by molar-refractivity contribution is 9.10. The Morgan fingerprint density at radius 1 is 1.12 bits per heavy atom. The molecule has 1 N–H and O–H groups in total. The lowest BCUT2D eigenvalue weighted by Crippen LogP contribution is -2.30. The molecule has 4 rings (SSSR count). The van der Waals surface area contributed by atoms with Gasteiger partial charge >= 0.3 is 0 Å². The molecule has 0 bridgehead atoms. The van der Waals surface area contributed by atoms with Gasteiger partial charge in [-0.15, -0.1) is 11.3 Å². The lowest BCUT2D eigenvalue weighted by Gasteiger charge is -2.23. The number of sulfonamides is 1. The number of pyridine rings is 1. The highest BCUT2D eigenvalue weighted by Crippen LogP contribution is 2.32. The van der Waals surface area contributed by atoms with Crippen LogP contribution in [0.2, 0.25) is 0 Å². The highest BCUT2D eigenvalue weighted by atomic mass is 79.9. The van der Waals surface area contributed by atoms with Crippen molar-refractivity contribution < 1.29 is 13.2 Å². The number of nitrogens with one attached hydrogen (secondary N) is 1. The molecule has 0 aliphatic carbocycles. The van der Waals surface area contributed by atoms with Gasteiger partial charge in [0.2, 0.25) is 0 Å². The average Bonchev–Trinajstić information content (AvgIpc) is 3.22. The number of fused-ring (bicyclic) bond motifs is 1. The summed E-state index contributed by atoms with van der Waals surface area (Å²) in [5.74, 6) is -0.175. The predicted molar refractivity (Wildman–Crippen MR) is 132 cm³/mol. The minimum Gasteiger partial charge on any atom is -0.347 e. The number of nitrogens with zero attached hydrogens (tertiary/aromatic N) is 2. The van der Waals surface area contributed by atoms with E-state index in [2.05, 4.69) is 26.2 Å². The van der Waals surface area contributed by atoms with Crippen LogP contribution in [0.1, 0.15) is 22.2 Å². The number of aromatic nitrogens is 1. The Morgan fingerprint density at radius 3 is 2.59 bits per heavy atom. The lowest BCUT2D eigenvalue weighted by atomic mass is 10.2. The van der Waals surface area contributed by atoms with Crippen molar-refractivity contribution in [1.29, 1.82) is 0 Å². The summed E-state index contributed by atoms with van der Waals surface area (Å²) >= 11 is 4.71. The molecule has 0 saturated heterocycles. The Labute approximate surface area is 199 Å². The van der Waals surface area contributed by atoms with Crippen LogP contribution >= 0.6 is 27.3 Å². The van der Waals surface area contributed by atoms with Gasteiger partial charge in [-0.25, -0.2) is 8.42 Å². The molecule has 2 aromatic carbocycles. The molecular formula is C23H20BrN3O3S2. The summed E-state index contributed by atoms with van der Waals surface area (Å²) in [6, 6.07) is 17.5. The molecule has 6 nitrogen and oxygen atoms in total. The van der Waals surface area contributed by atoms with E-state index >= 15 is 0 Å². The monoisotopic (exact) mass is 529 g/mol. The molecule has 164 valence electrons. The number of carbonyl (C=O) groups is 1. The van der Waals surface area contributed by atoms with Crippen LogP contribution in [0.5, 0.6) is 0 Å². The van der Waals surface area contributed by atoms with Crippen molar-refractivity contribution >= 4 is 59.0 Å². The van der Waals surface area contributed by atoms with Crippen molar-refractivity contribution in [2.45, 2.75) is 18.4 Å². The van der Waals surface area contributed by atoms with Gasteiger partial charge in [0.25, 0.3) is 15.9 Å². The summed E-state index contributed by atoms with van der Waals surface area (Å²) < 4.78 is 29.5. The number of carbonyl (C=O) groups excluding carboxylic acids is 1. The maximum atomic E-state index is 13.2. The average molecular weight is 530 g/mol. The first-order valence-corrected chi connectivity index (χ1v) is 12.9. The maximum absolute atomic E-state index is 13.2. The number of hydrogen-bond donors (Lipinski definition) is 1. The number of halogens is 1. The number of amides is 1. The van der Waals surface area contributed by atoms with Crippen LogP contribution in [0.25, 0.3) is 10.1 Å². The van der Waals surface area contributed by atoms with E-state index in [1.807, 2.05) is 24.3 Å². The van der Waals surface area contributed by atoms with Crippen LogP contribution in [-0.2, 0) is 16.6 Å². The van der Waals surface area contributed by atoms with Crippen molar-refractivity contribution in [2.75, 3.05) is 10.8 Å². The van der Waals surface area contributed by atoms with E-state index in [4.69, 9.17) is 0 Å². The fourth-order valence-corrected chi connectivity index (χ4v) is 5.98. The molecule has 0 aliphatic heterocycles. The van der Waals surface area contributed by atoms with Gasteiger partial charge in [-0.3, -0.25) is 14.1 Å². The molecule has 0 fully saturated rings. The van der Waals surface area contributed by atoms with Gasteiger partial charge in [-0.2, -0.15) is 0 Å². The molecule has 2 aromatic heterocycles. The third-order valence-corrected chi connectivity index (χ3v) is 8.44. The third kappa shape index (κ3) is 4.69. The van der Waals surface area contributed by atoms with Gasteiger partial charge in [0.05, 0.1) is 15.5 Å². The zero-order valence-corrected chi connectivity index (χ0v) is 20.4. The summed E-state index contributed by atoms with van der Waals surface area (Å²) in [6.45, 7) is 2.47. The first kappa shape index (κ1) is 22.4. The van der Waals surface area contributed by atoms with Crippen molar-refractivity contribution in [3.63, 3.8) is 0 Å². The van der Waals surface area contributed by atoms with E-state index in [9.17, 15) is 13.2 Å². The number of anilines is 1. The van der Waals surface area contributed by atoms with Crippen molar-refractivity contribution in [3.8, 4) is 0 Å². The quantitative estimate of drug-likeness (QED) is 0.356. The molecule has 4 aromatic rings. The Bertz CT molecular complexity index is 1350. The molecule has 1 amide bonds. The lowest BCUT2D eigenvalue weighted by molar-refractivity contribution is 0.0955. The molecule has 0 atom stereocenters. The fourth-order valence-electron chi connectivity index (χ4n) is 3.30. The maximum Gasteiger partial charge on any atom is 0.264 e. The smallest absolute Gasteiger partial charge is 0.264 e. The summed E-state index contributed by atoms with van der Waals surface area (Å²) in [7, 11) is -3.71. The second-order valence-corrected chi connectivity index (χ2v) is 10.9. The molecule has 2 heterocycles. The van der Waals surface area contributed by atoms with Gasteiger partial charge in [-0.1, -0.05) is 22.0 Å². The Hall–Kier alpha value is -2.75. The standard InChI is InChI=1S/C23H20BrN3O3S2/c1-2-27(32(29,30)20-8-5-18(24)6-9-20)19-7-10-21-17(12-19)13-22(31-21)23(28)26-15-16-4-3-11-25-14-16/h3-14H,2,15H2,1H3,(H,26,28). The van der Waals surface area contributed by atoms with Crippen molar-refractivity contribution in [3.05, 3.63) is 88.0 Å². The van der Waals surface area contributed by atoms with Crippen molar-refractivity contribution in [1.82, 2.24) is 10.3 Å². The zero-order valence-electron chi connectivity index (χ0n) is 17.2. The normalized spacial score (nSPS) is 11.4. The zero-order chi connectivity index (χ0) is 22.7. The van der Waals surface area contributed by atoms with E-state index in [1.165, 1.54) is 15.6 Å². The summed E-state index contributed by atoms with van der Waals surface area (Å²) in [6.07, 6.45) is 3.40. The Kier molecular flexibility index (Phi) is 6.59. The van der Waals surface area contributed by atoms with E-state index in [0.717, 1.165) is 20.1 Å².